The van der Waals surface area contributed by atoms with E-state index in [1.807, 2.05) is 51.1 Å². The molecule has 0 spiro atoms. The van der Waals surface area contributed by atoms with E-state index in [1.54, 1.807) is 6.07 Å². The molecule has 0 radical (unpaired) electrons. The molecule has 25 heavy (non-hydrogen) atoms. The normalized spacial score (nSPS) is 19.7. The van der Waals surface area contributed by atoms with Crippen molar-refractivity contribution in [2.24, 2.45) is 0 Å². The van der Waals surface area contributed by atoms with Crippen molar-refractivity contribution in [1.29, 1.82) is 0 Å². The molecule has 0 aromatic heterocycles. The van der Waals surface area contributed by atoms with Crippen LogP contribution in [0.25, 0.3) is 0 Å². The van der Waals surface area contributed by atoms with Gasteiger partial charge in [-0.2, -0.15) is 0 Å². The summed E-state index contributed by atoms with van der Waals surface area (Å²) in [6.07, 6.45) is 0. The number of nitrogens with one attached hydrogen (secondary N) is 1. The zero-order valence-corrected chi connectivity index (χ0v) is 14.8. The van der Waals surface area contributed by atoms with Gasteiger partial charge in [0, 0.05) is 6.54 Å². The number of hydrogen-bond acceptors (Lipinski definition) is 3. The molecule has 2 aromatic carbocycles. The Morgan fingerprint density at radius 2 is 1.88 bits per heavy atom. The van der Waals surface area contributed by atoms with Crippen LogP contribution in [-0.4, -0.2) is 22.5 Å². The SMILES string of the molecule is CC1C(=O)NC(C)(C)N1Cc1ccc(OCc2cccc(F)c2)cc1. The minimum absolute atomic E-state index is 0.0556. The third kappa shape index (κ3) is 3.99. The molecule has 1 aliphatic rings. The van der Waals surface area contributed by atoms with Crippen molar-refractivity contribution in [3.8, 4) is 5.75 Å². The maximum atomic E-state index is 13.2. The average Bonchev–Trinajstić information content (AvgIpc) is 2.76. The first-order valence-corrected chi connectivity index (χ1v) is 8.40. The van der Waals surface area contributed by atoms with Crippen LogP contribution in [0.2, 0.25) is 0 Å². The fourth-order valence-corrected chi connectivity index (χ4v) is 3.12. The molecule has 1 saturated heterocycles. The largest absolute Gasteiger partial charge is 0.489 e. The van der Waals surface area contributed by atoms with Gasteiger partial charge in [0.15, 0.2) is 0 Å². The van der Waals surface area contributed by atoms with E-state index in [1.165, 1.54) is 12.1 Å². The number of nitrogens with zero attached hydrogens (tertiary/aromatic N) is 1. The summed E-state index contributed by atoms with van der Waals surface area (Å²) in [7, 11) is 0. The quantitative estimate of drug-likeness (QED) is 0.905. The standard InChI is InChI=1S/C20H23FN2O2/c1-14-19(24)22-20(2,3)23(14)12-15-7-9-18(10-8-15)25-13-16-5-4-6-17(21)11-16/h4-11,14H,12-13H2,1-3H3,(H,22,24). The molecular formula is C20H23FN2O2. The predicted molar refractivity (Wildman–Crippen MR) is 94.4 cm³/mol. The van der Waals surface area contributed by atoms with Crippen LogP contribution in [0.1, 0.15) is 31.9 Å². The lowest BCUT2D eigenvalue weighted by Gasteiger charge is -2.32. The van der Waals surface area contributed by atoms with Gasteiger partial charge in [-0.3, -0.25) is 9.69 Å². The number of ether oxygens (including phenoxy) is 1. The molecule has 0 aliphatic carbocycles. The first kappa shape index (κ1) is 17.4. The van der Waals surface area contributed by atoms with Gasteiger partial charge in [0.05, 0.1) is 11.7 Å². The van der Waals surface area contributed by atoms with Crippen molar-refractivity contribution in [2.45, 2.75) is 45.6 Å². The van der Waals surface area contributed by atoms with Crippen LogP contribution in [0, 0.1) is 5.82 Å². The summed E-state index contributed by atoms with van der Waals surface area (Å²) in [5.74, 6) is 0.526. The zero-order valence-electron chi connectivity index (χ0n) is 14.8. The minimum Gasteiger partial charge on any atom is -0.489 e. The van der Waals surface area contributed by atoms with Crippen molar-refractivity contribution >= 4 is 5.91 Å². The summed E-state index contributed by atoms with van der Waals surface area (Å²) < 4.78 is 18.9. The van der Waals surface area contributed by atoms with Crippen molar-refractivity contribution in [3.05, 3.63) is 65.5 Å². The molecule has 1 heterocycles. The number of halogens is 1. The monoisotopic (exact) mass is 342 g/mol. The molecule has 1 aliphatic heterocycles. The Balaban J connectivity index is 1.61. The lowest BCUT2D eigenvalue weighted by Crippen LogP contribution is -2.46. The number of carbonyl (C=O) groups is 1. The van der Waals surface area contributed by atoms with E-state index in [-0.39, 0.29) is 23.4 Å². The number of benzene rings is 2. The molecule has 0 saturated carbocycles. The summed E-state index contributed by atoms with van der Waals surface area (Å²) in [6, 6.07) is 14.0. The van der Waals surface area contributed by atoms with Gasteiger partial charge in [-0.1, -0.05) is 24.3 Å². The second kappa shape index (κ2) is 6.84. The Kier molecular flexibility index (Phi) is 4.77. The molecular weight excluding hydrogens is 319 g/mol. The Hall–Kier alpha value is -2.40. The van der Waals surface area contributed by atoms with Gasteiger partial charge in [-0.05, 0) is 56.2 Å². The number of carbonyl (C=O) groups excluding carboxylic acids is 1. The van der Waals surface area contributed by atoms with Gasteiger partial charge >= 0.3 is 0 Å². The van der Waals surface area contributed by atoms with Crippen LogP contribution < -0.4 is 10.1 Å². The highest BCUT2D eigenvalue weighted by molar-refractivity contribution is 5.84. The van der Waals surface area contributed by atoms with Gasteiger partial charge < -0.3 is 10.1 Å². The van der Waals surface area contributed by atoms with Crippen molar-refractivity contribution in [1.82, 2.24) is 10.2 Å². The summed E-state index contributed by atoms with van der Waals surface area (Å²) in [6.45, 7) is 6.93. The molecule has 5 heteroatoms. The Labute approximate surface area is 147 Å². The second-order valence-corrected chi connectivity index (χ2v) is 6.91. The van der Waals surface area contributed by atoms with Crippen molar-refractivity contribution in [2.75, 3.05) is 0 Å². The van der Waals surface area contributed by atoms with Crippen LogP contribution in [0.4, 0.5) is 4.39 Å². The van der Waals surface area contributed by atoms with E-state index >= 15 is 0 Å². The lowest BCUT2D eigenvalue weighted by molar-refractivity contribution is -0.121. The van der Waals surface area contributed by atoms with Gasteiger partial charge in [0.2, 0.25) is 5.91 Å². The second-order valence-electron chi connectivity index (χ2n) is 6.91. The Morgan fingerprint density at radius 1 is 1.16 bits per heavy atom. The van der Waals surface area contributed by atoms with Crippen LogP contribution in [-0.2, 0) is 17.9 Å². The van der Waals surface area contributed by atoms with Crippen molar-refractivity contribution < 1.29 is 13.9 Å². The topological polar surface area (TPSA) is 41.6 Å². The maximum Gasteiger partial charge on any atom is 0.238 e. The molecule has 4 nitrogen and oxygen atoms in total. The maximum absolute atomic E-state index is 13.2. The number of rotatable bonds is 5. The number of amides is 1. The van der Waals surface area contributed by atoms with Gasteiger partial charge in [-0.25, -0.2) is 4.39 Å². The highest BCUT2D eigenvalue weighted by Crippen LogP contribution is 2.25. The minimum atomic E-state index is -0.358. The fraction of sp³-hybridized carbons (Fsp3) is 0.350. The van der Waals surface area contributed by atoms with Gasteiger partial charge in [-0.15, -0.1) is 0 Å². The molecule has 1 N–H and O–H groups in total. The van der Waals surface area contributed by atoms with Gasteiger partial charge in [0.25, 0.3) is 0 Å². The summed E-state index contributed by atoms with van der Waals surface area (Å²) >= 11 is 0. The highest BCUT2D eigenvalue weighted by atomic mass is 19.1. The van der Waals surface area contributed by atoms with Gasteiger partial charge in [0.1, 0.15) is 18.2 Å². The molecule has 2 aromatic rings. The third-order valence-electron chi connectivity index (χ3n) is 4.56. The van der Waals surface area contributed by atoms with E-state index in [9.17, 15) is 9.18 Å². The molecule has 1 amide bonds. The summed E-state index contributed by atoms with van der Waals surface area (Å²) in [5, 5.41) is 3.00. The van der Waals surface area contributed by atoms with Crippen LogP contribution in [0.3, 0.4) is 0 Å². The van der Waals surface area contributed by atoms with Crippen LogP contribution >= 0.6 is 0 Å². The van der Waals surface area contributed by atoms with E-state index in [4.69, 9.17) is 4.74 Å². The van der Waals surface area contributed by atoms with Crippen molar-refractivity contribution in [3.63, 3.8) is 0 Å². The van der Waals surface area contributed by atoms with E-state index in [0.29, 0.717) is 13.2 Å². The number of hydrogen-bond donors (Lipinski definition) is 1. The summed E-state index contributed by atoms with van der Waals surface area (Å²) in [5.41, 5.74) is 1.54. The lowest BCUT2D eigenvalue weighted by atomic mass is 10.1. The van der Waals surface area contributed by atoms with E-state index < -0.39 is 0 Å². The molecule has 132 valence electrons. The Bertz CT molecular complexity index is 759. The van der Waals surface area contributed by atoms with E-state index in [2.05, 4.69) is 10.2 Å². The molecule has 3 rings (SSSR count). The zero-order chi connectivity index (χ0) is 18.0. The molecule has 1 atom stereocenters. The molecule has 0 bridgehead atoms. The van der Waals surface area contributed by atoms with Crippen LogP contribution in [0.15, 0.2) is 48.5 Å². The van der Waals surface area contributed by atoms with E-state index in [0.717, 1.165) is 16.9 Å². The fourth-order valence-electron chi connectivity index (χ4n) is 3.12. The predicted octanol–water partition coefficient (Wildman–Crippen LogP) is 3.46. The summed E-state index contributed by atoms with van der Waals surface area (Å²) in [4.78, 5) is 14.0. The first-order chi connectivity index (χ1) is 11.8. The average molecular weight is 342 g/mol. The van der Waals surface area contributed by atoms with Crippen LogP contribution in [0.5, 0.6) is 5.75 Å². The molecule has 1 unspecified atom stereocenters. The first-order valence-electron chi connectivity index (χ1n) is 8.40. The smallest absolute Gasteiger partial charge is 0.238 e. The Morgan fingerprint density at radius 3 is 2.48 bits per heavy atom. The highest BCUT2D eigenvalue weighted by Gasteiger charge is 2.42. The molecule has 1 fully saturated rings. The third-order valence-corrected chi connectivity index (χ3v) is 4.56.